The van der Waals surface area contributed by atoms with Gasteiger partial charge in [-0.2, -0.15) is 0 Å². The summed E-state index contributed by atoms with van der Waals surface area (Å²) in [6.45, 7) is 0. The van der Waals surface area contributed by atoms with Crippen molar-refractivity contribution in [1.82, 2.24) is 0 Å². The van der Waals surface area contributed by atoms with Crippen molar-refractivity contribution in [2.45, 2.75) is 18.8 Å². The highest BCUT2D eigenvalue weighted by Crippen LogP contribution is 2.25. The van der Waals surface area contributed by atoms with E-state index in [1.54, 1.807) is 0 Å². The van der Waals surface area contributed by atoms with E-state index in [9.17, 15) is 0 Å². The van der Waals surface area contributed by atoms with Crippen molar-refractivity contribution in [3.8, 4) is 0 Å². The molecule has 1 aromatic carbocycles. The molecule has 0 N–H and O–H groups in total. The van der Waals surface area contributed by atoms with Crippen LogP contribution in [-0.2, 0) is 0 Å². The largest absolute Gasteiger partial charge is 0.129 e. The second-order valence-electron chi connectivity index (χ2n) is 3.27. The van der Waals surface area contributed by atoms with Gasteiger partial charge in [0.25, 0.3) is 0 Å². The molecule has 0 aliphatic heterocycles. The maximum absolute atomic E-state index is 5.82. The van der Waals surface area contributed by atoms with Crippen molar-refractivity contribution < 1.29 is 0 Å². The van der Waals surface area contributed by atoms with Crippen molar-refractivity contribution in [1.29, 1.82) is 0 Å². The van der Waals surface area contributed by atoms with Gasteiger partial charge in [-0.25, -0.2) is 0 Å². The molecule has 0 spiro atoms. The zero-order chi connectivity index (χ0) is 9.10. The second-order valence-corrected chi connectivity index (χ2v) is 3.71. The fraction of sp³-hybridized carbons (Fsp3) is 0.250. The van der Waals surface area contributed by atoms with E-state index >= 15 is 0 Å². The van der Waals surface area contributed by atoms with Crippen LogP contribution in [0, 0.1) is 0 Å². The summed E-state index contributed by atoms with van der Waals surface area (Å²) >= 11 is 5.82. The van der Waals surface area contributed by atoms with Crippen LogP contribution < -0.4 is 0 Å². The first kappa shape index (κ1) is 8.62. The second kappa shape index (κ2) is 3.83. The van der Waals surface area contributed by atoms with Crippen molar-refractivity contribution in [2.24, 2.45) is 0 Å². The lowest BCUT2D eigenvalue weighted by molar-refractivity contribution is 0.739. The third-order valence-corrected chi connectivity index (χ3v) is 2.59. The fourth-order valence-corrected chi connectivity index (χ4v) is 1.71. The maximum Gasteiger partial charge on any atom is 0.0406 e. The van der Waals surface area contributed by atoms with E-state index < -0.39 is 0 Å². The Bertz CT molecular complexity index is 342. The summed E-state index contributed by atoms with van der Waals surface area (Å²) in [6.07, 6.45) is 6.54. The van der Waals surface area contributed by atoms with Crippen molar-refractivity contribution in [3.05, 3.63) is 52.7 Å². The number of halogens is 1. The molecule has 66 valence electrons. The summed E-state index contributed by atoms with van der Waals surface area (Å²) < 4.78 is 0. The Morgan fingerprint density at radius 3 is 2.62 bits per heavy atom. The van der Waals surface area contributed by atoms with Crippen LogP contribution in [0.1, 0.15) is 24.3 Å². The normalized spacial score (nSPS) is 20.5. The van der Waals surface area contributed by atoms with Gasteiger partial charge < -0.3 is 0 Å². The van der Waals surface area contributed by atoms with Gasteiger partial charge in [0, 0.05) is 10.9 Å². The number of hydrogen-bond donors (Lipinski definition) is 0. The predicted molar refractivity (Wildman–Crippen MR) is 56.1 cm³/mol. The molecule has 0 radical (unpaired) electrons. The van der Waals surface area contributed by atoms with Gasteiger partial charge in [-0.3, -0.25) is 0 Å². The Kier molecular flexibility index (Phi) is 2.54. The van der Waals surface area contributed by atoms with Gasteiger partial charge in [0.2, 0.25) is 0 Å². The molecule has 1 aliphatic rings. The average molecular weight is 191 g/mol. The van der Waals surface area contributed by atoms with Crippen LogP contribution in [0.15, 0.2) is 42.1 Å². The average Bonchev–Trinajstić information content (AvgIpc) is 2.20. The molecular formula is C12H11Cl. The molecule has 0 heterocycles. The molecule has 0 saturated carbocycles. The molecule has 0 aromatic heterocycles. The van der Waals surface area contributed by atoms with Gasteiger partial charge in [-0.05, 0) is 42.7 Å². The molecule has 13 heavy (non-hydrogen) atoms. The maximum atomic E-state index is 5.82. The monoisotopic (exact) mass is 190 g/mol. The van der Waals surface area contributed by atoms with E-state index in [1.165, 1.54) is 12.0 Å². The Hall–Kier alpha value is -0.970. The van der Waals surface area contributed by atoms with Crippen LogP contribution in [-0.4, -0.2) is 0 Å². The predicted octanol–water partition coefficient (Wildman–Crippen LogP) is 3.93. The summed E-state index contributed by atoms with van der Waals surface area (Å²) in [5.74, 6) is 0.530. The van der Waals surface area contributed by atoms with E-state index in [4.69, 9.17) is 11.6 Å². The first-order valence-corrected chi connectivity index (χ1v) is 4.90. The van der Waals surface area contributed by atoms with Gasteiger partial charge in [0.1, 0.15) is 0 Å². The van der Waals surface area contributed by atoms with Gasteiger partial charge in [0.15, 0.2) is 0 Å². The first-order chi connectivity index (χ1) is 6.36. The number of allylic oxidation sites excluding steroid dienone is 1. The van der Waals surface area contributed by atoms with E-state index in [1.807, 2.05) is 12.1 Å². The lowest BCUT2D eigenvalue weighted by atomic mass is 9.92. The van der Waals surface area contributed by atoms with Gasteiger partial charge in [-0.15, -0.1) is 5.73 Å². The molecule has 1 heteroatoms. The number of rotatable bonds is 1. The molecular weight excluding hydrogens is 180 g/mol. The SMILES string of the molecule is Clc1ccc(C2C=C=CCC2)cc1. The van der Waals surface area contributed by atoms with Gasteiger partial charge in [-0.1, -0.05) is 23.7 Å². The molecule has 1 aliphatic carbocycles. The number of benzene rings is 1. The van der Waals surface area contributed by atoms with Crippen LogP contribution in [0.25, 0.3) is 0 Å². The van der Waals surface area contributed by atoms with Crippen LogP contribution >= 0.6 is 11.6 Å². The zero-order valence-electron chi connectivity index (χ0n) is 7.33. The molecule has 1 aromatic rings. The summed E-state index contributed by atoms with van der Waals surface area (Å²) in [4.78, 5) is 0. The number of hydrogen-bond acceptors (Lipinski definition) is 0. The van der Waals surface area contributed by atoms with Gasteiger partial charge in [0.05, 0.1) is 0 Å². The molecule has 0 nitrogen and oxygen atoms in total. The quantitative estimate of drug-likeness (QED) is 0.589. The van der Waals surface area contributed by atoms with E-state index in [2.05, 4.69) is 30.0 Å². The summed E-state index contributed by atoms with van der Waals surface area (Å²) in [7, 11) is 0. The van der Waals surface area contributed by atoms with E-state index in [0.29, 0.717) is 5.92 Å². The fourth-order valence-electron chi connectivity index (χ4n) is 1.59. The summed E-state index contributed by atoms with van der Waals surface area (Å²) in [5, 5.41) is 0.805. The Morgan fingerprint density at radius 2 is 2.00 bits per heavy atom. The van der Waals surface area contributed by atoms with E-state index in [-0.39, 0.29) is 0 Å². The zero-order valence-corrected chi connectivity index (χ0v) is 8.09. The van der Waals surface area contributed by atoms with Crippen LogP contribution in [0.4, 0.5) is 0 Å². The highest BCUT2D eigenvalue weighted by molar-refractivity contribution is 6.30. The summed E-state index contributed by atoms with van der Waals surface area (Å²) in [6, 6.07) is 8.08. The molecule has 1 unspecified atom stereocenters. The molecule has 0 saturated heterocycles. The smallest absolute Gasteiger partial charge is 0.0406 e. The standard InChI is InChI=1S/C12H11Cl/c13-12-8-6-11(7-9-12)10-4-2-1-3-5-10/h1,5-10H,2,4H2. The van der Waals surface area contributed by atoms with Crippen LogP contribution in [0.3, 0.4) is 0 Å². The molecule has 2 rings (SSSR count). The van der Waals surface area contributed by atoms with E-state index in [0.717, 1.165) is 11.4 Å². The van der Waals surface area contributed by atoms with Crippen molar-refractivity contribution in [3.63, 3.8) is 0 Å². The van der Waals surface area contributed by atoms with Crippen molar-refractivity contribution >= 4 is 11.6 Å². The van der Waals surface area contributed by atoms with Crippen LogP contribution in [0.2, 0.25) is 5.02 Å². The third kappa shape index (κ3) is 2.03. The highest BCUT2D eigenvalue weighted by atomic mass is 35.5. The minimum Gasteiger partial charge on any atom is -0.129 e. The highest BCUT2D eigenvalue weighted by Gasteiger charge is 2.08. The van der Waals surface area contributed by atoms with Crippen molar-refractivity contribution in [2.75, 3.05) is 0 Å². The third-order valence-electron chi connectivity index (χ3n) is 2.34. The Labute approximate surface area is 83.5 Å². The molecule has 0 fully saturated rings. The van der Waals surface area contributed by atoms with Crippen LogP contribution in [0.5, 0.6) is 0 Å². The minimum absolute atomic E-state index is 0.530. The lowest BCUT2D eigenvalue weighted by Crippen LogP contribution is -1.96. The first-order valence-electron chi connectivity index (χ1n) is 4.53. The topological polar surface area (TPSA) is 0 Å². The lowest BCUT2D eigenvalue weighted by Gasteiger charge is -2.13. The molecule has 0 amide bonds. The minimum atomic E-state index is 0.530. The molecule has 0 bridgehead atoms. The summed E-state index contributed by atoms with van der Waals surface area (Å²) in [5.41, 5.74) is 4.50. The Balaban J connectivity index is 2.25. The molecule has 1 atom stereocenters. The Morgan fingerprint density at radius 1 is 1.23 bits per heavy atom. The van der Waals surface area contributed by atoms with Gasteiger partial charge >= 0.3 is 0 Å².